The largest absolute Gasteiger partial charge is 0.481 e. The van der Waals surface area contributed by atoms with Gasteiger partial charge in [-0.2, -0.15) is 9.97 Å². The first kappa shape index (κ1) is 24.7. The molecule has 1 amide bonds. The second kappa shape index (κ2) is 10.2. The Morgan fingerprint density at radius 2 is 1.50 bits per heavy atom. The molecule has 1 aromatic heterocycles. The fraction of sp³-hybridized carbons (Fsp3) is 0.455. The number of carbonyl (C=O) groups is 2. The van der Waals surface area contributed by atoms with Crippen LogP contribution in [0, 0.1) is 0 Å². The van der Waals surface area contributed by atoms with E-state index in [2.05, 4.69) is 15.3 Å². The molecular weight excluding hydrogens is 418 g/mol. The predicted octanol–water partition coefficient (Wildman–Crippen LogP) is 2.85. The van der Waals surface area contributed by atoms with Crippen LogP contribution >= 0.6 is 0 Å². The van der Waals surface area contributed by atoms with Crippen LogP contribution in [-0.4, -0.2) is 55.1 Å². The summed E-state index contributed by atoms with van der Waals surface area (Å²) in [5.74, 6) is -0.438. The van der Waals surface area contributed by atoms with E-state index in [0.717, 1.165) is 0 Å². The molecular formula is C22H29N3O7. The highest BCUT2D eigenvalue weighted by atomic mass is 16.6. The number of carbonyl (C=O) groups excluding carboxylic acids is 2. The van der Waals surface area contributed by atoms with Gasteiger partial charge in [0.1, 0.15) is 11.1 Å². The number of hydrogen-bond donors (Lipinski definition) is 1. The molecule has 1 N–H and O–H groups in total. The van der Waals surface area contributed by atoms with Gasteiger partial charge >= 0.3 is 18.1 Å². The zero-order valence-corrected chi connectivity index (χ0v) is 19.3. The number of nitrogens with one attached hydrogen (secondary N) is 1. The Hall–Kier alpha value is -3.56. The molecule has 2 atom stereocenters. The number of nitrogens with zero attached hydrogens (tertiary/aromatic N) is 2. The van der Waals surface area contributed by atoms with Gasteiger partial charge in [0.25, 0.3) is 0 Å². The smallest absolute Gasteiger partial charge is 0.408 e. The van der Waals surface area contributed by atoms with E-state index in [1.54, 1.807) is 58.0 Å². The van der Waals surface area contributed by atoms with E-state index >= 15 is 0 Å². The standard InChI is InChI=1S/C22H29N3O7/c1-21(2,3)32-20(27)25-22(4,14-11-9-8-10-12-14)17(18(26)30-7)31-19-23-15(28-5)13-16(24-19)29-6/h8-13,17H,1-7H3,(H,25,27). The van der Waals surface area contributed by atoms with Crippen molar-refractivity contribution in [2.75, 3.05) is 21.3 Å². The Morgan fingerprint density at radius 1 is 0.938 bits per heavy atom. The van der Waals surface area contributed by atoms with Crippen molar-refractivity contribution in [2.45, 2.75) is 44.9 Å². The summed E-state index contributed by atoms with van der Waals surface area (Å²) in [7, 11) is 4.05. The SMILES string of the molecule is COC(=O)C(Oc1nc(OC)cc(OC)n1)C(C)(NC(=O)OC(C)(C)C)c1ccccc1. The molecule has 2 unspecified atom stereocenters. The van der Waals surface area contributed by atoms with E-state index in [1.807, 2.05) is 0 Å². The van der Waals surface area contributed by atoms with Crippen molar-refractivity contribution in [3.63, 3.8) is 0 Å². The molecule has 10 nitrogen and oxygen atoms in total. The van der Waals surface area contributed by atoms with Crippen LogP contribution in [0.4, 0.5) is 4.79 Å². The fourth-order valence-corrected chi connectivity index (χ4v) is 2.85. The topological polar surface area (TPSA) is 118 Å². The number of ether oxygens (including phenoxy) is 5. The Bertz CT molecular complexity index is 909. The maximum Gasteiger partial charge on any atom is 0.408 e. The maximum atomic E-state index is 12.9. The molecule has 2 aromatic rings. The molecule has 0 saturated carbocycles. The summed E-state index contributed by atoms with van der Waals surface area (Å²) in [6.45, 7) is 6.82. The Morgan fingerprint density at radius 3 is 1.97 bits per heavy atom. The van der Waals surface area contributed by atoms with Crippen molar-refractivity contribution in [1.29, 1.82) is 0 Å². The van der Waals surface area contributed by atoms with Gasteiger partial charge in [0.15, 0.2) is 0 Å². The van der Waals surface area contributed by atoms with E-state index in [9.17, 15) is 9.59 Å². The molecule has 174 valence electrons. The number of amides is 1. The van der Waals surface area contributed by atoms with Crippen molar-refractivity contribution in [2.24, 2.45) is 0 Å². The van der Waals surface area contributed by atoms with Gasteiger partial charge in [0.2, 0.25) is 17.9 Å². The van der Waals surface area contributed by atoms with Crippen molar-refractivity contribution >= 4 is 12.1 Å². The molecule has 0 fully saturated rings. The molecule has 0 bridgehead atoms. The summed E-state index contributed by atoms with van der Waals surface area (Å²) in [5, 5.41) is 2.75. The number of methoxy groups -OCH3 is 3. The van der Waals surface area contributed by atoms with Crippen molar-refractivity contribution < 1.29 is 33.3 Å². The molecule has 0 radical (unpaired) electrons. The highest BCUT2D eigenvalue weighted by Gasteiger charge is 2.46. The molecule has 0 aliphatic carbocycles. The molecule has 1 aromatic carbocycles. The first-order valence-electron chi connectivity index (χ1n) is 9.80. The summed E-state index contributed by atoms with van der Waals surface area (Å²) in [5.41, 5.74) is -1.61. The van der Waals surface area contributed by atoms with Gasteiger partial charge in [0.05, 0.1) is 27.4 Å². The van der Waals surface area contributed by atoms with E-state index in [1.165, 1.54) is 27.4 Å². The molecule has 2 rings (SSSR count). The van der Waals surface area contributed by atoms with E-state index in [4.69, 9.17) is 23.7 Å². The third kappa shape index (κ3) is 6.22. The number of aromatic nitrogens is 2. The molecule has 0 spiro atoms. The molecule has 0 saturated heterocycles. The van der Waals surface area contributed by atoms with E-state index in [-0.39, 0.29) is 17.8 Å². The summed E-state index contributed by atoms with van der Waals surface area (Å²) in [6, 6.07) is 10.1. The number of benzene rings is 1. The highest BCUT2D eigenvalue weighted by molar-refractivity contribution is 5.79. The first-order valence-corrected chi connectivity index (χ1v) is 9.80. The Kier molecular flexibility index (Phi) is 7.85. The average Bonchev–Trinajstić information content (AvgIpc) is 2.75. The van der Waals surface area contributed by atoms with Gasteiger partial charge in [-0.3, -0.25) is 0 Å². The third-order valence-electron chi connectivity index (χ3n) is 4.37. The van der Waals surface area contributed by atoms with Crippen LogP contribution in [0.5, 0.6) is 17.8 Å². The van der Waals surface area contributed by atoms with Gasteiger partial charge < -0.3 is 29.0 Å². The maximum absolute atomic E-state index is 12.9. The van der Waals surface area contributed by atoms with Gasteiger partial charge in [-0.1, -0.05) is 30.3 Å². The van der Waals surface area contributed by atoms with Gasteiger partial charge in [-0.25, -0.2) is 9.59 Å². The van der Waals surface area contributed by atoms with Crippen LogP contribution in [0.25, 0.3) is 0 Å². The summed E-state index contributed by atoms with van der Waals surface area (Å²) < 4.78 is 26.5. The summed E-state index contributed by atoms with van der Waals surface area (Å²) >= 11 is 0. The second-order valence-corrected chi connectivity index (χ2v) is 7.95. The minimum Gasteiger partial charge on any atom is -0.481 e. The number of rotatable bonds is 8. The van der Waals surface area contributed by atoms with Crippen LogP contribution in [-0.2, 0) is 19.8 Å². The van der Waals surface area contributed by atoms with Crippen LogP contribution in [0.3, 0.4) is 0 Å². The third-order valence-corrected chi connectivity index (χ3v) is 4.37. The minimum absolute atomic E-state index is 0.164. The van der Waals surface area contributed by atoms with Crippen LogP contribution in [0.2, 0.25) is 0 Å². The lowest BCUT2D eigenvalue weighted by Gasteiger charge is -2.37. The zero-order valence-electron chi connectivity index (χ0n) is 19.3. The zero-order chi connectivity index (χ0) is 23.9. The van der Waals surface area contributed by atoms with Crippen LogP contribution in [0.15, 0.2) is 36.4 Å². The van der Waals surface area contributed by atoms with Gasteiger partial charge in [-0.15, -0.1) is 0 Å². The number of esters is 1. The lowest BCUT2D eigenvalue weighted by atomic mass is 9.86. The van der Waals surface area contributed by atoms with E-state index < -0.39 is 29.3 Å². The lowest BCUT2D eigenvalue weighted by Crippen LogP contribution is -2.58. The second-order valence-electron chi connectivity index (χ2n) is 7.95. The highest BCUT2D eigenvalue weighted by Crippen LogP contribution is 2.30. The minimum atomic E-state index is -1.42. The summed E-state index contributed by atoms with van der Waals surface area (Å²) in [6.07, 6.45) is -2.13. The quantitative estimate of drug-likeness (QED) is 0.609. The molecule has 1 heterocycles. The van der Waals surface area contributed by atoms with E-state index in [0.29, 0.717) is 5.56 Å². The van der Waals surface area contributed by atoms with Crippen molar-refractivity contribution in [1.82, 2.24) is 15.3 Å². The van der Waals surface area contributed by atoms with Gasteiger partial charge in [-0.05, 0) is 33.3 Å². The predicted molar refractivity (Wildman–Crippen MR) is 115 cm³/mol. The fourth-order valence-electron chi connectivity index (χ4n) is 2.85. The Labute approximate surface area is 187 Å². The average molecular weight is 447 g/mol. The normalized spacial score (nSPS) is 13.8. The molecule has 0 aliphatic rings. The first-order chi connectivity index (χ1) is 15.0. The summed E-state index contributed by atoms with van der Waals surface area (Å²) in [4.78, 5) is 33.8. The monoisotopic (exact) mass is 447 g/mol. The lowest BCUT2D eigenvalue weighted by molar-refractivity contribution is -0.153. The Balaban J connectivity index is 2.55. The molecule has 10 heteroatoms. The van der Waals surface area contributed by atoms with Crippen LogP contribution < -0.4 is 19.5 Å². The molecule has 32 heavy (non-hydrogen) atoms. The number of alkyl carbamates (subject to hydrolysis) is 1. The number of hydrogen-bond acceptors (Lipinski definition) is 9. The molecule has 0 aliphatic heterocycles. The van der Waals surface area contributed by atoms with Crippen molar-refractivity contribution in [3.8, 4) is 17.8 Å². The van der Waals surface area contributed by atoms with Crippen LogP contribution in [0.1, 0.15) is 33.3 Å². The van der Waals surface area contributed by atoms with Gasteiger partial charge in [0, 0.05) is 0 Å². The van der Waals surface area contributed by atoms with Crippen molar-refractivity contribution in [3.05, 3.63) is 42.0 Å².